The van der Waals surface area contributed by atoms with Gasteiger partial charge in [-0.2, -0.15) is 10.5 Å². The third-order valence-corrected chi connectivity index (χ3v) is 10.7. The first kappa shape index (κ1) is 38.6. The van der Waals surface area contributed by atoms with Crippen LogP contribution in [0, 0.1) is 28.6 Å². The number of anilines is 1. The first-order chi connectivity index (χ1) is 25.0. The second-order valence-electron chi connectivity index (χ2n) is 12.9. The summed E-state index contributed by atoms with van der Waals surface area (Å²) >= 11 is 9.00. The molecule has 3 N–H and O–H groups in total. The molecule has 4 aromatic rings. The lowest BCUT2D eigenvalue weighted by Crippen LogP contribution is -2.52. The van der Waals surface area contributed by atoms with Crippen LogP contribution in [0.2, 0.25) is 5.02 Å². The fourth-order valence-electron chi connectivity index (χ4n) is 6.02. The Morgan fingerprint density at radius 1 is 1.04 bits per heavy atom. The number of carbonyl (C=O) groups excluding carboxylic acids is 1. The minimum Gasteiger partial charge on any atom is -0.492 e. The topological polar surface area (TPSA) is 169 Å². The predicted octanol–water partition coefficient (Wildman–Crippen LogP) is 7.22. The molecule has 1 fully saturated rings. The first-order valence-corrected chi connectivity index (χ1v) is 19.2. The number of nitriles is 2. The second-order valence-corrected chi connectivity index (χ2v) is 15.2. The van der Waals surface area contributed by atoms with Crippen molar-refractivity contribution in [2.75, 3.05) is 31.1 Å². The molecule has 5 rings (SSSR count). The number of nitrogens with zero attached hydrogens (tertiary/aromatic N) is 6. The number of carboxylic acids is 1. The number of rotatable bonds is 15. The summed E-state index contributed by atoms with van der Waals surface area (Å²) in [7, 11) is 0. The zero-order valence-corrected chi connectivity index (χ0v) is 31.6. The summed E-state index contributed by atoms with van der Waals surface area (Å²) in [6, 6.07) is 17.3. The summed E-state index contributed by atoms with van der Waals surface area (Å²) < 4.78 is 5.97. The molecule has 2 atom stereocenters. The van der Waals surface area contributed by atoms with Gasteiger partial charge in [-0.15, -0.1) is 11.3 Å². The monoisotopic (exact) mass is 757 g/mol. The van der Waals surface area contributed by atoms with Crippen LogP contribution in [0.4, 0.5) is 5.82 Å². The number of aromatic nitrogens is 2. The number of thiazole rings is 1. The first-order valence-electron chi connectivity index (χ1n) is 17.0. The molecule has 1 saturated heterocycles. The number of carbonyl (C=O) groups is 2. The van der Waals surface area contributed by atoms with Crippen molar-refractivity contribution in [1.82, 2.24) is 14.9 Å². The third-order valence-electron chi connectivity index (χ3n) is 8.55. The maximum Gasteiger partial charge on any atom is 0.326 e. The number of thioether (sulfide) groups is 1. The van der Waals surface area contributed by atoms with Gasteiger partial charge >= 0.3 is 5.97 Å². The van der Waals surface area contributed by atoms with Gasteiger partial charge in [-0.1, -0.05) is 61.5 Å². The minimum absolute atomic E-state index is 0.0350. The standard InChI is InChI=1S/C38H40ClN7O4S2/c1-23(2)18-32(38(48)49)46(37(47)24(3)42)16-17-50-29-12-8-25(9-13-29)33-30(19-40)34(45-14-4-5-15-45)44-36(31(33)20-41)52-22-28-21-51-35(43-28)26-6-10-27(39)11-7-26/h6-13,21,23-24,32H,4-5,14-18,22,42H2,1-3H3,(H,48,49)/t24-,32-/m0/s1. The van der Waals surface area contributed by atoms with Crippen LogP contribution in [0.15, 0.2) is 58.9 Å². The molecule has 11 nitrogen and oxygen atoms in total. The maximum absolute atomic E-state index is 12.9. The van der Waals surface area contributed by atoms with Crippen LogP contribution in [0.3, 0.4) is 0 Å². The lowest BCUT2D eigenvalue weighted by atomic mass is 9.96. The molecule has 0 spiro atoms. The molecule has 0 saturated carbocycles. The number of carboxylic acid groups (broad SMARTS) is 1. The van der Waals surface area contributed by atoms with Crippen LogP contribution < -0.4 is 15.4 Å². The molecule has 1 amide bonds. The number of nitrogens with two attached hydrogens (primary N) is 1. The van der Waals surface area contributed by atoms with Crippen molar-refractivity contribution in [3.05, 3.63) is 75.8 Å². The SMILES string of the molecule is CC(C)C[C@@H](C(=O)O)N(CCOc1ccc(-c2c(C#N)c(SCc3csc(-c4ccc(Cl)cc4)n3)nc(N3CCCC3)c2C#N)cc1)C(=O)[C@H](C)N. The zero-order chi connectivity index (χ0) is 37.4. The second kappa shape index (κ2) is 17.7. The molecule has 2 aromatic heterocycles. The number of aliphatic carboxylic acids is 1. The summed E-state index contributed by atoms with van der Waals surface area (Å²) in [6.45, 7) is 6.94. The molecule has 0 radical (unpaired) electrons. The van der Waals surface area contributed by atoms with Gasteiger partial charge < -0.3 is 25.4 Å². The molecule has 3 heterocycles. The van der Waals surface area contributed by atoms with Crippen molar-refractivity contribution < 1.29 is 19.4 Å². The van der Waals surface area contributed by atoms with E-state index in [1.807, 2.05) is 43.5 Å². The van der Waals surface area contributed by atoms with E-state index in [-0.39, 0.29) is 25.5 Å². The molecule has 2 aromatic carbocycles. The maximum atomic E-state index is 12.9. The number of hydrogen-bond donors (Lipinski definition) is 2. The van der Waals surface area contributed by atoms with E-state index in [1.54, 1.807) is 24.3 Å². The lowest BCUT2D eigenvalue weighted by Gasteiger charge is -2.31. The van der Waals surface area contributed by atoms with E-state index in [9.17, 15) is 25.2 Å². The van der Waals surface area contributed by atoms with Gasteiger partial charge in [0.1, 0.15) is 52.0 Å². The van der Waals surface area contributed by atoms with Gasteiger partial charge in [-0.05, 0) is 61.9 Å². The minimum atomic E-state index is -1.09. The molecular formula is C38H40ClN7O4S2. The number of ether oxygens (including phenoxy) is 1. The molecule has 0 aliphatic carbocycles. The van der Waals surface area contributed by atoms with Crippen molar-refractivity contribution in [1.29, 1.82) is 10.5 Å². The van der Waals surface area contributed by atoms with Gasteiger partial charge in [-0.3, -0.25) is 4.79 Å². The third kappa shape index (κ3) is 9.22. The number of hydrogen-bond acceptors (Lipinski definition) is 11. The van der Waals surface area contributed by atoms with E-state index >= 15 is 0 Å². The smallest absolute Gasteiger partial charge is 0.326 e. The molecule has 1 aliphatic rings. The van der Waals surface area contributed by atoms with Crippen molar-refractivity contribution >= 4 is 52.4 Å². The Labute approximate surface area is 317 Å². The molecule has 14 heteroatoms. The summed E-state index contributed by atoms with van der Waals surface area (Å²) in [4.78, 5) is 38.1. The van der Waals surface area contributed by atoms with Gasteiger partial charge in [0, 0.05) is 40.4 Å². The van der Waals surface area contributed by atoms with Crippen LogP contribution in [0.25, 0.3) is 21.7 Å². The molecule has 270 valence electrons. The number of amides is 1. The van der Waals surface area contributed by atoms with Crippen molar-refractivity contribution in [2.24, 2.45) is 11.7 Å². The van der Waals surface area contributed by atoms with Crippen LogP contribution in [0.1, 0.15) is 56.9 Å². The van der Waals surface area contributed by atoms with E-state index in [4.69, 9.17) is 32.0 Å². The molecule has 0 unspecified atom stereocenters. The van der Waals surface area contributed by atoms with Crippen molar-refractivity contribution in [3.8, 4) is 39.6 Å². The molecule has 0 bridgehead atoms. The van der Waals surface area contributed by atoms with E-state index in [0.29, 0.717) is 49.6 Å². The van der Waals surface area contributed by atoms with E-state index in [1.165, 1.54) is 34.9 Å². The van der Waals surface area contributed by atoms with Crippen molar-refractivity contribution in [2.45, 2.75) is 62.9 Å². The Kier molecular flexibility index (Phi) is 13.1. The van der Waals surface area contributed by atoms with Crippen LogP contribution in [-0.2, 0) is 15.3 Å². The zero-order valence-electron chi connectivity index (χ0n) is 29.2. The Balaban J connectivity index is 1.40. The summed E-state index contributed by atoms with van der Waals surface area (Å²) in [5.74, 6) is 0.0143. The Morgan fingerprint density at radius 2 is 1.69 bits per heavy atom. The molecular weight excluding hydrogens is 718 g/mol. The normalized spacial score (nSPS) is 13.7. The fraction of sp³-hybridized carbons (Fsp3) is 0.368. The number of benzene rings is 2. The Bertz CT molecular complexity index is 1970. The summed E-state index contributed by atoms with van der Waals surface area (Å²) in [6.07, 6.45) is 2.26. The molecule has 52 heavy (non-hydrogen) atoms. The average molecular weight is 758 g/mol. The van der Waals surface area contributed by atoms with Crippen LogP contribution >= 0.6 is 34.7 Å². The number of halogens is 1. The Hall–Kier alpha value is -4.66. The van der Waals surface area contributed by atoms with E-state index < -0.39 is 24.0 Å². The van der Waals surface area contributed by atoms with Gasteiger partial charge in [0.05, 0.1) is 23.8 Å². The highest BCUT2D eigenvalue weighted by Gasteiger charge is 2.32. The highest BCUT2D eigenvalue weighted by molar-refractivity contribution is 7.98. The van der Waals surface area contributed by atoms with Gasteiger partial charge in [0.25, 0.3) is 0 Å². The number of pyridine rings is 1. The van der Waals surface area contributed by atoms with Crippen molar-refractivity contribution in [3.63, 3.8) is 0 Å². The summed E-state index contributed by atoms with van der Waals surface area (Å²) in [5.41, 5.74) is 9.48. The van der Waals surface area contributed by atoms with Gasteiger partial charge in [0.2, 0.25) is 5.91 Å². The highest BCUT2D eigenvalue weighted by Crippen LogP contribution is 2.40. The Morgan fingerprint density at radius 3 is 2.29 bits per heavy atom. The van der Waals surface area contributed by atoms with E-state index in [0.717, 1.165) is 42.2 Å². The predicted molar refractivity (Wildman–Crippen MR) is 204 cm³/mol. The van der Waals surface area contributed by atoms with E-state index in [2.05, 4.69) is 17.0 Å². The largest absolute Gasteiger partial charge is 0.492 e. The van der Waals surface area contributed by atoms with Gasteiger partial charge in [0.15, 0.2) is 0 Å². The van der Waals surface area contributed by atoms with Gasteiger partial charge in [-0.25, -0.2) is 14.8 Å². The summed E-state index contributed by atoms with van der Waals surface area (Å²) in [5, 5.41) is 34.9. The highest BCUT2D eigenvalue weighted by atomic mass is 35.5. The molecule has 1 aliphatic heterocycles. The average Bonchev–Trinajstić information content (AvgIpc) is 3.84. The van der Waals surface area contributed by atoms with Crippen LogP contribution in [0.5, 0.6) is 5.75 Å². The lowest BCUT2D eigenvalue weighted by molar-refractivity contribution is -0.151. The fourth-order valence-corrected chi connectivity index (χ4v) is 7.95. The quantitative estimate of drug-likeness (QED) is 0.117. The van der Waals surface area contributed by atoms with Crippen LogP contribution in [-0.4, -0.2) is 70.2 Å².